The van der Waals surface area contributed by atoms with E-state index in [4.69, 9.17) is 16.3 Å². The van der Waals surface area contributed by atoms with Crippen LogP contribution >= 0.6 is 34.7 Å². The van der Waals surface area contributed by atoms with Gasteiger partial charge in [0.05, 0.1) is 24.1 Å². The molecular weight excluding hydrogens is 432 g/mol. The monoisotopic (exact) mass is 450 g/mol. The minimum Gasteiger partial charge on any atom is -0.495 e. The smallest absolute Gasteiger partial charge is 0.250 e. The Morgan fingerprint density at radius 2 is 2.15 bits per heavy atom. The number of methoxy groups -OCH3 is 1. The Balaban J connectivity index is 2.37. The zero-order valence-corrected chi connectivity index (χ0v) is 18.3. The highest BCUT2D eigenvalue weighted by Gasteiger charge is 2.32. The SMILES string of the molecule is CCC(C(=O)Nc1nnc(SC)s1)N(c1ccc(OC)c(Cl)c1)S(C)(=O)=O. The first kappa shape index (κ1) is 21.7. The summed E-state index contributed by atoms with van der Waals surface area (Å²) in [6.07, 6.45) is 3.13. The minimum absolute atomic E-state index is 0.243. The van der Waals surface area contributed by atoms with E-state index < -0.39 is 22.0 Å². The minimum atomic E-state index is -3.77. The molecule has 1 unspecified atom stereocenters. The molecule has 0 saturated heterocycles. The van der Waals surface area contributed by atoms with Crippen LogP contribution in [0.2, 0.25) is 5.02 Å². The summed E-state index contributed by atoms with van der Waals surface area (Å²) in [6, 6.07) is 3.56. The first-order valence-electron chi connectivity index (χ1n) is 7.72. The number of benzene rings is 1. The zero-order valence-electron chi connectivity index (χ0n) is 15.1. The summed E-state index contributed by atoms with van der Waals surface area (Å²) in [4.78, 5) is 12.8. The standard InChI is InChI=1S/C15H19ClN4O4S3/c1-5-11(13(21)17-14-18-19-15(25-3)26-14)20(27(4,22)23)9-6-7-12(24-2)10(16)8-9/h6-8,11H,5H2,1-4H3,(H,17,18,21). The highest BCUT2D eigenvalue weighted by atomic mass is 35.5. The predicted octanol–water partition coefficient (Wildman–Crippen LogP) is 3.11. The summed E-state index contributed by atoms with van der Waals surface area (Å²) < 4.78 is 31.7. The van der Waals surface area contributed by atoms with Crippen LogP contribution in [0.4, 0.5) is 10.8 Å². The molecule has 148 valence electrons. The second-order valence-corrected chi connectivity index (χ2v) is 9.67. The van der Waals surface area contributed by atoms with E-state index >= 15 is 0 Å². The molecule has 2 rings (SSSR count). The number of carbonyl (C=O) groups is 1. The van der Waals surface area contributed by atoms with Crippen LogP contribution in [0.5, 0.6) is 5.75 Å². The maximum atomic E-state index is 12.8. The topological polar surface area (TPSA) is 101 Å². The number of ether oxygens (including phenoxy) is 1. The summed E-state index contributed by atoms with van der Waals surface area (Å²) in [6.45, 7) is 1.72. The van der Waals surface area contributed by atoms with E-state index in [1.807, 2.05) is 6.26 Å². The molecule has 1 heterocycles. The fourth-order valence-electron chi connectivity index (χ4n) is 2.38. The van der Waals surface area contributed by atoms with Gasteiger partial charge in [0, 0.05) is 0 Å². The van der Waals surface area contributed by atoms with Crippen molar-refractivity contribution < 1.29 is 17.9 Å². The lowest BCUT2D eigenvalue weighted by molar-refractivity contribution is -0.117. The largest absolute Gasteiger partial charge is 0.495 e. The first-order chi connectivity index (χ1) is 12.7. The third kappa shape index (κ3) is 5.24. The van der Waals surface area contributed by atoms with E-state index in [1.165, 1.54) is 36.3 Å². The van der Waals surface area contributed by atoms with Crippen molar-refractivity contribution >= 4 is 61.4 Å². The molecule has 1 amide bonds. The summed E-state index contributed by atoms with van der Waals surface area (Å²) in [5.41, 5.74) is 0.271. The molecule has 0 saturated carbocycles. The van der Waals surface area contributed by atoms with Crippen LogP contribution in [0, 0.1) is 0 Å². The Kier molecular flexibility index (Phi) is 7.32. The Morgan fingerprint density at radius 3 is 2.63 bits per heavy atom. The average Bonchev–Trinajstić information content (AvgIpc) is 3.05. The molecule has 1 atom stereocenters. The summed E-state index contributed by atoms with van der Waals surface area (Å²) in [7, 11) is -2.31. The third-order valence-electron chi connectivity index (χ3n) is 3.53. The summed E-state index contributed by atoms with van der Waals surface area (Å²) in [5.74, 6) is -0.0940. The van der Waals surface area contributed by atoms with Gasteiger partial charge in [-0.25, -0.2) is 8.42 Å². The number of thioether (sulfide) groups is 1. The number of aromatic nitrogens is 2. The van der Waals surface area contributed by atoms with Crippen molar-refractivity contribution in [1.82, 2.24) is 10.2 Å². The fraction of sp³-hybridized carbons (Fsp3) is 0.400. The van der Waals surface area contributed by atoms with E-state index in [0.717, 1.165) is 10.6 Å². The molecule has 12 heteroatoms. The molecule has 0 bridgehead atoms. The van der Waals surface area contributed by atoms with Crippen LogP contribution in [-0.4, -0.2) is 50.2 Å². The molecular formula is C15H19ClN4O4S3. The van der Waals surface area contributed by atoms with Crippen molar-refractivity contribution in [2.45, 2.75) is 23.7 Å². The van der Waals surface area contributed by atoms with Crippen LogP contribution in [0.1, 0.15) is 13.3 Å². The number of sulfonamides is 1. The van der Waals surface area contributed by atoms with Gasteiger partial charge < -0.3 is 4.74 Å². The molecule has 0 aliphatic rings. The van der Waals surface area contributed by atoms with Crippen LogP contribution < -0.4 is 14.4 Å². The second-order valence-electron chi connectivity index (χ2n) is 5.37. The Hall–Kier alpha value is -1.56. The van der Waals surface area contributed by atoms with Crippen LogP contribution in [0.25, 0.3) is 0 Å². The molecule has 1 aromatic carbocycles. The van der Waals surface area contributed by atoms with Crippen molar-refractivity contribution in [3.8, 4) is 5.75 Å². The number of hydrogen-bond donors (Lipinski definition) is 1. The molecule has 0 radical (unpaired) electrons. The lowest BCUT2D eigenvalue weighted by Gasteiger charge is -2.30. The maximum absolute atomic E-state index is 12.8. The highest BCUT2D eigenvalue weighted by molar-refractivity contribution is 8.00. The number of carbonyl (C=O) groups excluding carboxylic acids is 1. The van der Waals surface area contributed by atoms with Gasteiger partial charge in [-0.3, -0.25) is 14.4 Å². The van der Waals surface area contributed by atoms with Gasteiger partial charge in [-0.05, 0) is 30.9 Å². The molecule has 1 aromatic heterocycles. The molecule has 8 nitrogen and oxygen atoms in total. The van der Waals surface area contributed by atoms with Gasteiger partial charge in [0.25, 0.3) is 0 Å². The molecule has 27 heavy (non-hydrogen) atoms. The van der Waals surface area contributed by atoms with Gasteiger partial charge in [0.2, 0.25) is 21.1 Å². The Morgan fingerprint density at radius 1 is 1.44 bits per heavy atom. The summed E-state index contributed by atoms with van der Waals surface area (Å²) in [5, 5.41) is 11.0. The molecule has 0 aliphatic heterocycles. The number of halogens is 1. The van der Waals surface area contributed by atoms with Crippen LogP contribution in [-0.2, 0) is 14.8 Å². The van der Waals surface area contributed by atoms with E-state index in [1.54, 1.807) is 19.1 Å². The fourth-order valence-corrected chi connectivity index (χ4v) is 5.01. The predicted molar refractivity (Wildman–Crippen MR) is 110 cm³/mol. The van der Waals surface area contributed by atoms with Gasteiger partial charge >= 0.3 is 0 Å². The Bertz CT molecular complexity index is 920. The van der Waals surface area contributed by atoms with Crippen LogP contribution in [0.15, 0.2) is 22.5 Å². The molecule has 1 N–H and O–H groups in total. The van der Waals surface area contributed by atoms with Crippen LogP contribution in [0.3, 0.4) is 0 Å². The second kappa shape index (κ2) is 9.09. The van der Waals surface area contributed by atoms with Gasteiger partial charge in [-0.1, -0.05) is 41.6 Å². The third-order valence-corrected chi connectivity index (χ3v) is 6.82. The van der Waals surface area contributed by atoms with E-state index in [2.05, 4.69) is 15.5 Å². The lowest BCUT2D eigenvalue weighted by Crippen LogP contribution is -2.47. The number of nitrogens with zero attached hydrogens (tertiary/aromatic N) is 3. The number of nitrogens with one attached hydrogen (secondary N) is 1. The molecule has 0 spiro atoms. The highest BCUT2D eigenvalue weighted by Crippen LogP contribution is 2.32. The van der Waals surface area contributed by atoms with Crippen molar-refractivity contribution in [2.24, 2.45) is 0 Å². The Labute approximate surface area is 171 Å². The first-order valence-corrected chi connectivity index (χ1v) is 12.0. The van der Waals surface area contributed by atoms with E-state index in [9.17, 15) is 13.2 Å². The normalized spacial score (nSPS) is 12.5. The summed E-state index contributed by atoms with van der Waals surface area (Å²) >= 11 is 8.75. The van der Waals surface area contributed by atoms with Gasteiger partial charge in [0.15, 0.2) is 4.34 Å². The van der Waals surface area contributed by atoms with Crippen molar-refractivity contribution in [1.29, 1.82) is 0 Å². The van der Waals surface area contributed by atoms with E-state index in [0.29, 0.717) is 15.2 Å². The molecule has 0 fully saturated rings. The van der Waals surface area contributed by atoms with E-state index in [-0.39, 0.29) is 17.1 Å². The number of rotatable bonds is 8. The van der Waals surface area contributed by atoms with Crippen molar-refractivity contribution in [2.75, 3.05) is 29.2 Å². The maximum Gasteiger partial charge on any atom is 0.250 e. The number of anilines is 2. The van der Waals surface area contributed by atoms with Crippen molar-refractivity contribution in [3.63, 3.8) is 0 Å². The quantitative estimate of drug-likeness (QED) is 0.487. The molecule has 2 aromatic rings. The number of hydrogen-bond acceptors (Lipinski definition) is 8. The van der Waals surface area contributed by atoms with Gasteiger partial charge in [-0.2, -0.15) is 0 Å². The molecule has 0 aliphatic carbocycles. The van der Waals surface area contributed by atoms with Gasteiger partial charge in [0.1, 0.15) is 11.8 Å². The average molecular weight is 451 g/mol. The number of amides is 1. The van der Waals surface area contributed by atoms with Crippen molar-refractivity contribution in [3.05, 3.63) is 23.2 Å². The lowest BCUT2D eigenvalue weighted by atomic mass is 10.2. The van der Waals surface area contributed by atoms with Gasteiger partial charge in [-0.15, -0.1) is 10.2 Å². The zero-order chi connectivity index (χ0) is 20.2.